The van der Waals surface area contributed by atoms with Crippen LogP contribution in [0.3, 0.4) is 0 Å². The molecule has 0 aliphatic carbocycles. The van der Waals surface area contributed by atoms with Crippen LogP contribution in [-0.4, -0.2) is 20.9 Å². The van der Waals surface area contributed by atoms with E-state index in [1.807, 2.05) is 0 Å². The molecule has 2 aromatic rings. The summed E-state index contributed by atoms with van der Waals surface area (Å²) in [7, 11) is 0. The van der Waals surface area contributed by atoms with Crippen molar-refractivity contribution in [3.63, 3.8) is 0 Å². The molecule has 0 saturated heterocycles. The van der Waals surface area contributed by atoms with Gasteiger partial charge in [-0.15, -0.1) is 0 Å². The molecule has 0 aliphatic rings. The van der Waals surface area contributed by atoms with Gasteiger partial charge in [0.2, 0.25) is 0 Å². The molecule has 0 bridgehead atoms. The molecule has 2 heteroatoms. The molecule has 0 spiro atoms. The maximum atomic E-state index is 2.23. The van der Waals surface area contributed by atoms with Gasteiger partial charge in [-0.1, -0.05) is 0 Å². The summed E-state index contributed by atoms with van der Waals surface area (Å²) in [6, 6.07) is 21.6. The normalized spacial score (nSPS) is 9.50. The summed E-state index contributed by atoms with van der Waals surface area (Å²) >= 11 is 0.0925. The van der Waals surface area contributed by atoms with E-state index in [4.69, 9.17) is 0 Å². The molecule has 0 N–H and O–H groups in total. The molecule has 0 heterocycles. The quantitative estimate of drug-likeness (QED) is 0.471. The van der Waals surface area contributed by atoms with E-state index < -0.39 is 0 Å². The van der Waals surface area contributed by atoms with Crippen molar-refractivity contribution in [2.45, 2.75) is 8.94 Å². The van der Waals surface area contributed by atoms with Crippen LogP contribution in [-0.2, 0) is 8.94 Å². The molecule has 0 fully saturated rings. The summed E-state index contributed by atoms with van der Waals surface area (Å²) in [5.41, 5.74) is 2.99. The molecule has 83 valence electrons. The van der Waals surface area contributed by atoms with Crippen LogP contribution in [0.4, 0.5) is 0 Å². The molecule has 0 aromatic heterocycles. The molecule has 0 aliphatic heterocycles. The number of halogens is 1. The molecule has 2 aromatic carbocycles. The first kappa shape index (κ1) is 14.0. The Morgan fingerprint density at radius 2 is 1.00 bits per heavy atom. The van der Waals surface area contributed by atoms with Gasteiger partial charge in [0.15, 0.2) is 0 Å². The zero-order valence-corrected chi connectivity index (χ0v) is 13.5. The number of hydrogen-bond acceptors (Lipinski definition) is 0. The molecule has 16 heavy (non-hydrogen) atoms. The van der Waals surface area contributed by atoms with Gasteiger partial charge in [0.1, 0.15) is 0 Å². The standard InChI is InChI=1S/C14H14Te.HI/c1-3-7-13(8-4-1)11-15-12-14-9-5-2-6-10-14;/h1-10H,11-12H2;1H/q+1;/p-1. The van der Waals surface area contributed by atoms with Crippen LogP contribution < -0.4 is 24.0 Å². The molecular weight excluding hydrogens is 423 g/mol. The van der Waals surface area contributed by atoms with Crippen LogP contribution >= 0.6 is 0 Å². The second kappa shape index (κ2) is 8.11. The second-order valence-corrected chi connectivity index (χ2v) is 6.28. The number of rotatable bonds is 4. The predicted molar refractivity (Wildman–Crippen MR) is 66.0 cm³/mol. The Morgan fingerprint density at radius 1 is 0.625 bits per heavy atom. The Kier molecular flexibility index (Phi) is 7.11. The summed E-state index contributed by atoms with van der Waals surface area (Å²) in [5, 5.41) is 0. The minimum absolute atomic E-state index is 0. The molecule has 0 atom stereocenters. The third kappa shape index (κ3) is 4.86. The zero-order valence-electron chi connectivity index (χ0n) is 8.97. The van der Waals surface area contributed by atoms with Gasteiger partial charge < -0.3 is 24.0 Å². The van der Waals surface area contributed by atoms with Gasteiger partial charge >= 0.3 is 102 Å². The molecule has 0 saturated carbocycles. The molecule has 1 radical (unpaired) electrons. The average Bonchev–Trinajstić information content (AvgIpc) is 2.32. The van der Waals surface area contributed by atoms with E-state index in [2.05, 4.69) is 60.7 Å². The maximum absolute atomic E-state index is 2.23. The van der Waals surface area contributed by atoms with Crippen molar-refractivity contribution in [3.8, 4) is 0 Å². The predicted octanol–water partition coefficient (Wildman–Crippen LogP) is 0.0950. The van der Waals surface area contributed by atoms with Gasteiger partial charge in [0.25, 0.3) is 0 Å². The van der Waals surface area contributed by atoms with Crippen molar-refractivity contribution < 1.29 is 24.0 Å². The number of hydrogen-bond donors (Lipinski definition) is 0. The van der Waals surface area contributed by atoms with Crippen LogP contribution in [0.25, 0.3) is 0 Å². The molecular formula is C14H14ITe. The van der Waals surface area contributed by atoms with Crippen molar-refractivity contribution in [2.24, 2.45) is 0 Å². The van der Waals surface area contributed by atoms with Crippen molar-refractivity contribution >= 4 is 20.9 Å². The fourth-order valence-corrected chi connectivity index (χ4v) is 4.17. The Bertz CT molecular complexity index is 346. The van der Waals surface area contributed by atoms with E-state index in [1.54, 1.807) is 0 Å². The topological polar surface area (TPSA) is 0 Å². The van der Waals surface area contributed by atoms with Crippen LogP contribution in [0, 0.1) is 0 Å². The Morgan fingerprint density at radius 3 is 1.38 bits per heavy atom. The van der Waals surface area contributed by atoms with Gasteiger partial charge in [0.05, 0.1) is 0 Å². The van der Waals surface area contributed by atoms with Crippen LogP contribution in [0.5, 0.6) is 0 Å². The fourth-order valence-electron chi connectivity index (χ4n) is 1.44. The van der Waals surface area contributed by atoms with Crippen molar-refractivity contribution in [3.05, 3.63) is 71.8 Å². The molecule has 0 nitrogen and oxygen atoms in total. The van der Waals surface area contributed by atoms with E-state index in [0.717, 1.165) is 0 Å². The first-order chi connectivity index (χ1) is 7.45. The second-order valence-electron chi connectivity index (χ2n) is 3.46. The van der Waals surface area contributed by atoms with E-state index >= 15 is 0 Å². The van der Waals surface area contributed by atoms with Gasteiger partial charge in [-0.2, -0.15) is 0 Å². The van der Waals surface area contributed by atoms with Crippen molar-refractivity contribution in [2.75, 3.05) is 0 Å². The Labute approximate surface area is 125 Å². The monoisotopic (exact) mass is 439 g/mol. The SMILES string of the molecule is [I-].c1ccc(C[Te+]Cc2ccccc2)cc1. The minimum atomic E-state index is 0. The average molecular weight is 437 g/mol. The first-order valence-electron chi connectivity index (χ1n) is 5.11. The van der Waals surface area contributed by atoms with E-state index in [0.29, 0.717) is 0 Å². The summed E-state index contributed by atoms with van der Waals surface area (Å²) < 4.78 is 2.61. The Hall–Kier alpha value is -0.0404. The van der Waals surface area contributed by atoms with Gasteiger partial charge in [-0.25, -0.2) is 0 Å². The summed E-state index contributed by atoms with van der Waals surface area (Å²) in [5.74, 6) is 0. The van der Waals surface area contributed by atoms with Crippen molar-refractivity contribution in [1.82, 2.24) is 0 Å². The number of benzene rings is 2. The van der Waals surface area contributed by atoms with E-state index in [9.17, 15) is 0 Å². The molecule has 0 amide bonds. The first-order valence-corrected chi connectivity index (χ1v) is 8.40. The zero-order chi connectivity index (χ0) is 10.3. The van der Waals surface area contributed by atoms with Crippen molar-refractivity contribution in [1.29, 1.82) is 0 Å². The van der Waals surface area contributed by atoms with Gasteiger partial charge in [-0.05, 0) is 0 Å². The van der Waals surface area contributed by atoms with Gasteiger partial charge in [0, 0.05) is 0 Å². The summed E-state index contributed by atoms with van der Waals surface area (Å²) in [6.45, 7) is 0. The molecule has 2 rings (SSSR count). The summed E-state index contributed by atoms with van der Waals surface area (Å²) in [4.78, 5) is 0. The third-order valence-corrected chi connectivity index (χ3v) is 5.29. The van der Waals surface area contributed by atoms with Crippen LogP contribution in [0.2, 0.25) is 0 Å². The molecule has 0 unspecified atom stereocenters. The van der Waals surface area contributed by atoms with E-state index in [1.165, 1.54) is 20.1 Å². The van der Waals surface area contributed by atoms with Gasteiger partial charge in [-0.3, -0.25) is 0 Å². The Balaban J connectivity index is 0.00000128. The third-order valence-electron chi connectivity index (χ3n) is 2.22. The summed E-state index contributed by atoms with van der Waals surface area (Å²) in [6.07, 6.45) is 0. The van der Waals surface area contributed by atoms with Crippen LogP contribution in [0.15, 0.2) is 60.7 Å². The van der Waals surface area contributed by atoms with Crippen LogP contribution in [0.1, 0.15) is 11.1 Å². The fraction of sp³-hybridized carbons (Fsp3) is 0.143. The van der Waals surface area contributed by atoms with E-state index in [-0.39, 0.29) is 44.9 Å².